The van der Waals surface area contributed by atoms with Crippen molar-refractivity contribution in [3.63, 3.8) is 0 Å². The first-order valence-corrected chi connectivity index (χ1v) is 11.6. The van der Waals surface area contributed by atoms with Crippen molar-refractivity contribution in [2.75, 3.05) is 0 Å². The minimum Gasteiger partial charge on any atom is -0.294 e. The van der Waals surface area contributed by atoms with E-state index in [2.05, 4.69) is 49.1 Å². The number of hydrogen-bond donors (Lipinski definition) is 0. The predicted molar refractivity (Wildman–Crippen MR) is 120 cm³/mol. The Balaban J connectivity index is 2.25. The second-order valence-electron chi connectivity index (χ2n) is 6.78. The summed E-state index contributed by atoms with van der Waals surface area (Å²) < 4.78 is 0. The van der Waals surface area contributed by atoms with Crippen molar-refractivity contribution in [1.29, 1.82) is 0 Å². The molecule has 0 aromatic heterocycles. The minimum atomic E-state index is -2.32. The van der Waals surface area contributed by atoms with Crippen LogP contribution in [0.5, 0.6) is 0 Å². The maximum atomic E-state index is 13.8. The van der Waals surface area contributed by atoms with Crippen LogP contribution < -0.4 is 10.6 Å². The van der Waals surface area contributed by atoms with Crippen molar-refractivity contribution in [2.45, 2.75) is 32.6 Å². The van der Waals surface area contributed by atoms with Gasteiger partial charge in [-0.2, -0.15) is 0 Å². The number of carbonyl (C=O) groups excluding carboxylic acids is 1. The van der Waals surface area contributed by atoms with Gasteiger partial charge in [0, 0.05) is 13.3 Å². The third-order valence-corrected chi connectivity index (χ3v) is 8.78. The maximum absolute atomic E-state index is 13.8. The zero-order valence-corrected chi connectivity index (χ0v) is 16.8. The molecule has 0 aliphatic rings. The topological polar surface area (TPSA) is 17.1 Å². The number of benzene rings is 3. The molecule has 0 aliphatic carbocycles. The molecule has 0 aliphatic heterocycles. The van der Waals surface area contributed by atoms with Crippen LogP contribution in [0.2, 0.25) is 0 Å². The van der Waals surface area contributed by atoms with Crippen LogP contribution in [-0.2, 0) is 4.79 Å². The fraction of sp³-hybridized carbons (Fsp3) is 0.200. The fourth-order valence-corrected chi connectivity index (χ4v) is 7.18. The summed E-state index contributed by atoms with van der Waals surface area (Å²) in [7, 11) is 0. The van der Waals surface area contributed by atoms with Crippen molar-refractivity contribution < 1.29 is 4.79 Å². The zero-order chi connectivity index (χ0) is 19.0. The van der Waals surface area contributed by atoms with E-state index in [1.54, 1.807) is 0 Å². The highest BCUT2D eigenvalue weighted by atomic mass is 31.2. The van der Waals surface area contributed by atoms with E-state index in [1.165, 1.54) is 0 Å². The molecular weight excluding hydrogens is 347 g/mol. The van der Waals surface area contributed by atoms with Gasteiger partial charge < -0.3 is 0 Å². The molecule has 3 aromatic rings. The molecule has 0 unspecified atom stereocenters. The zero-order valence-electron chi connectivity index (χ0n) is 15.9. The average molecular weight is 374 g/mol. The Morgan fingerprint density at radius 1 is 0.741 bits per heavy atom. The molecule has 0 radical (unpaired) electrons. The summed E-state index contributed by atoms with van der Waals surface area (Å²) in [5, 5.41) is 2.28. The molecule has 3 rings (SSSR count). The van der Waals surface area contributed by atoms with Crippen LogP contribution in [0.25, 0.3) is 0 Å². The molecule has 0 amide bonds. The summed E-state index contributed by atoms with van der Waals surface area (Å²) in [6.07, 6.45) is 3.81. The first-order chi connectivity index (χ1) is 13.3. The molecule has 138 valence electrons. The smallest absolute Gasteiger partial charge is 0.162 e. The summed E-state index contributed by atoms with van der Waals surface area (Å²) in [5.74, 6) is 2.26. The van der Waals surface area contributed by atoms with Gasteiger partial charge in [-0.1, -0.05) is 111 Å². The highest BCUT2D eigenvalue weighted by Crippen LogP contribution is 2.47. The van der Waals surface area contributed by atoms with E-state index in [9.17, 15) is 4.79 Å². The van der Waals surface area contributed by atoms with Crippen molar-refractivity contribution in [2.24, 2.45) is 0 Å². The molecule has 0 heterocycles. The van der Waals surface area contributed by atoms with Crippen molar-refractivity contribution in [3.8, 4) is 0 Å². The second kappa shape index (κ2) is 9.53. The van der Waals surface area contributed by atoms with Crippen molar-refractivity contribution in [1.82, 2.24) is 0 Å². The molecule has 3 aromatic carbocycles. The maximum Gasteiger partial charge on any atom is 0.162 e. The van der Waals surface area contributed by atoms with Gasteiger partial charge in [0.25, 0.3) is 0 Å². The summed E-state index contributed by atoms with van der Waals surface area (Å²) in [5.41, 5.74) is 1.49. The van der Waals surface area contributed by atoms with Gasteiger partial charge in [0.1, 0.15) is 0 Å². The van der Waals surface area contributed by atoms with E-state index in [1.807, 2.05) is 54.6 Å². The Bertz CT molecular complexity index is 855. The quantitative estimate of drug-likeness (QED) is 0.370. The van der Waals surface area contributed by atoms with E-state index >= 15 is 0 Å². The summed E-state index contributed by atoms with van der Waals surface area (Å²) in [6, 6.07) is 31.0. The Hall–Kier alpha value is -2.37. The third-order valence-electron chi connectivity index (χ3n) is 4.86. The van der Waals surface area contributed by atoms with Crippen molar-refractivity contribution in [3.05, 3.63) is 96.6 Å². The highest BCUT2D eigenvalue weighted by Gasteiger charge is 2.30. The van der Waals surface area contributed by atoms with Gasteiger partial charge in [0.15, 0.2) is 5.52 Å². The van der Waals surface area contributed by atoms with E-state index in [4.69, 9.17) is 0 Å². The number of hydrogen-bond acceptors (Lipinski definition) is 1. The molecule has 2 heteroatoms. The molecular formula is C25H27OP. The van der Waals surface area contributed by atoms with Gasteiger partial charge in [-0.25, -0.2) is 0 Å². The molecule has 27 heavy (non-hydrogen) atoms. The monoisotopic (exact) mass is 374 g/mol. The lowest BCUT2D eigenvalue weighted by Crippen LogP contribution is -2.24. The minimum absolute atomic E-state index is 0.372. The van der Waals surface area contributed by atoms with Crippen LogP contribution in [0.1, 0.15) is 38.2 Å². The Morgan fingerprint density at radius 2 is 1.22 bits per heavy atom. The predicted octanol–water partition coefficient (Wildman–Crippen LogP) is 5.61. The first kappa shape index (κ1) is 19.4. The normalized spacial score (nSPS) is 11.1. The van der Waals surface area contributed by atoms with Gasteiger partial charge in [0.2, 0.25) is 0 Å². The van der Waals surface area contributed by atoms with E-state index in [-0.39, 0.29) is 0 Å². The van der Waals surface area contributed by atoms with Gasteiger partial charge in [-0.3, -0.25) is 4.79 Å². The fourth-order valence-electron chi connectivity index (χ4n) is 3.45. The van der Waals surface area contributed by atoms with Gasteiger partial charge in [-0.05, 0) is 28.4 Å². The molecule has 0 bridgehead atoms. The lowest BCUT2D eigenvalue weighted by atomic mass is 10.2. The highest BCUT2D eigenvalue weighted by molar-refractivity contribution is 8.01. The first-order valence-electron chi connectivity index (χ1n) is 9.71. The SMILES string of the molecule is CCCCCC(=O)P(=Cc1ccccc1)(c1ccccc1)c1ccccc1. The second-order valence-corrected chi connectivity index (χ2v) is 10.0. The van der Waals surface area contributed by atoms with Crippen molar-refractivity contribution >= 4 is 28.8 Å². The van der Waals surface area contributed by atoms with Gasteiger partial charge >= 0.3 is 0 Å². The lowest BCUT2D eigenvalue weighted by Gasteiger charge is -2.27. The molecule has 0 N–H and O–H groups in total. The summed E-state index contributed by atoms with van der Waals surface area (Å²) in [6.45, 7) is -0.140. The largest absolute Gasteiger partial charge is 0.294 e. The lowest BCUT2D eigenvalue weighted by molar-refractivity contribution is -0.111. The van der Waals surface area contributed by atoms with Crippen LogP contribution in [-0.4, -0.2) is 11.3 Å². The van der Waals surface area contributed by atoms with Crippen LogP contribution >= 0.6 is 6.89 Å². The van der Waals surface area contributed by atoms with Crippen LogP contribution in [0.15, 0.2) is 91.0 Å². The van der Waals surface area contributed by atoms with E-state index in [0.717, 1.165) is 35.4 Å². The van der Waals surface area contributed by atoms with Gasteiger partial charge in [0.05, 0.1) is 0 Å². The molecule has 0 saturated heterocycles. The summed E-state index contributed by atoms with van der Waals surface area (Å²) >= 11 is 0. The average Bonchev–Trinajstić information content (AvgIpc) is 2.74. The Labute approximate surface area is 163 Å². The van der Waals surface area contributed by atoms with E-state index < -0.39 is 6.89 Å². The molecule has 0 saturated carbocycles. The Kier molecular flexibility index (Phi) is 6.85. The molecule has 0 spiro atoms. The molecule has 0 fully saturated rings. The molecule has 0 atom stereocenters. The number of unbranched alkanes of at least 4 members (excludes halogenated alkanes) is 2. The number of carbonyl (C=O) groups is 1. The van der Waals surface area contributed by atoms with Gasteiger partial charge in [-0.15, -0.1) is 0 Å². The Morgan fingerprint density at radius 3 is 1.70 bits per heavy atom. The van der Waals surface area contributed by atoms with E-state index in [0.29, 0.717) is 11.9 Å². The number of rotatable bonds is 8. The van der Waals surface area contributed by atoms with Crippen LogP contribution in [0.4, 0.5) is 0 Å². The standard InChI is InChI=1S/C25H27OP/c1-2-3-7-20-25(26)27(23-16-10-5-11-17-23,24-18-12-6-13-19-24)21-22-14-8-4-9-15-22/h4-6,8-19,21H,2-3,7,20H2,1H3. The molecule has 1 nitrogen and oxygen atoms in total. The summed E-state index contributed by atoms with van der Waals surface area (Å²) in [4.78, 5) is 13.8. The van der Waals surface area contributed by atoms with Crippen LogP contribution in [0, 0.1) is 0 Å². The third kappa shape index (κ3) is 4.49. The van der Waals surface area contributed by atoms with Crippen LogP contribution in [0.3, 0.4) is 0 Å².